The first kappa shape index (κ1) is 24.8. The number of hydrogen-bond donors (Lipinski definition) is 1. The van der Waals surface area contributed by atoms with Gasteiger partial charge in [0, 0.05) is 23.2 Å². The molecule has 1 N–H and O–H groups in total. The Kier molecular flexibility index (Phi) is 4.77. The van der Waals surface area contributed by atoms with Gasteiger partial charge in [-0.05, 0) is 48.7 Å². The highest BCUT2D eigenvalue weighted by molar-refractivity contribution is 5.96. The molecule has 3 aliphatic heterocycles. The third-order valence-electron chi connectivity index (χ3n) is 11.1. The molecule has 9 nitrogen and oxygen atoms in total. The van der Waals surface area contributed by atoms with Gasteiger partial charge in [0.25, 0.3) is 0 Å². The van der Waals surface area contributed by atoms with E-state index in [0.29, 0.717) is 19.3 Å². The average molecular weight is 515 g/mol. The number of aliphatic hydroxyl groups is 1. The minimum Gasteiger partial charge on any atom is -0.462 e. The van der Waals surface area contributed by atoms with Crippen LogP contribution >= 0.6 is 0 Å². The van der Waals surface area contributed by atoms with Gasteiger partial charge in [0.2, 0.25) is 6.29 Å². The summed E-state index contributed by atoms with van der Waals surface area (Å²) in [4.78, 5) is 51.3. The number of allylic oxidation sites excluding steroid dienone is 2. The van der Waals surface area contributed by atoms with Crippen molar-refractivity contribution in [2.75, 3.05) is 0 Å². The lowest BCUT2D eigenvalue weighted by molar-refractivity contribution is -0.247. The average Bonchev–Trinajstić information content (AvgIpc) is 3.49. The fourth-order valence-electron chi connectivity index (χ4n) is 9.38. The van der Waals surface area contributed by atoms with Crippen LogP contribution in [-0.4, -0.2) is 59.0 Å². The van der Waals surface area contributed by atoms with Gasteiger partial charge in [-0.2, -0.15) is 0 Å². The van der Waals surface area contributed by atoms with Crippen LogP contribution in [0.1, 0.15) is 60.8 Å². The summed E-state index contributed by atoms with van der Waals surface area (Å²) in [5, 5.41) is 9.95. The van der Waals surface area contributed by atoms with Crippen molar-refractivity contribution in [1.29, 1.82) is 0 Å². The lowest BCUT2D eigenvalue weighted by Crippen LogP contribution is -2.74. The van der Waals surface area contributed by atoms with Crippen LogP contribution < -0.4 is 0 Å². The van der Waals surface area contributed by atoms with E-state index in [4.69, 9.17) is 18.9 Å². The number of rotatable bonds is 2. The molecule has 0 unspecified atom stereocenters. The van der Waals surface area contributed by atoms with Crippen molar-refractivity contribution in [3.63, 3.8) is 0 Å². The second kappa shape index (κ2) is 7.11. The summed E-state index contributed by atoms with van der Waals surface area (Å²) < 4.78 is 23.2. The van der Waals surface area contributed by atoms with Crippen LogP contribution in [0.2, 0.25) is 0 Å². The maximum absolute atomic E-state index is 13.3. The number of carbonyl (C=O) groups excluding carboxylic acids is 4. The summed E-state index contributed by atoms with van der Waals surface area (Å²) >= 11 is 0. The number of esters is 3. The minimum absolute atomic E-state index is 0.0473. The molecule has 3 aliphatic carbocycles. The van der Waals surface area contributed by atoms with Crippen molar-refractivity contribution < 1.29 is 43.2 Å². The zero-order valence-corrected chi connectivity index (χ0v) is 22.0. The number of ether oxygens (including phenoxy) is 4. The topological polar surface area (TPSA) is 129 Å². The first-order chi connectivity index (χ1) is 17.1. The first-order valence-corrected chi connectivity index (χ1v) is 13.0. The maximum Gasteiger partial charge on any atom is 0.340 e. The van der Waals surface area contributed by atoms with E-state index in [1.165, 1.54) is 13.0 Å². The van der Waals surface area contributed by atoms with Crippen molar-refractivity contribution >= 4 is 23.7 Å². The van der Waals surface area contributed by atoms with Gasteiger partial charge >= 0.3 is 17.9 Å². The van der Waals surface area contributed by atoms with Crippen LogP contribution in [0.25, 0.3) is 0 Å². The molecular formula is C28H34O9. The number of carbonyl (C=O) groups is 4. The molecule has 0 aromatic heterocycles. The van der Waals surface area contributed by atoms with Gasteiger partial charge in [0.1, 0.15) is 17.8 Å². The third-order valence-corrected chi connectivity index (χ3v) is 11.1. The molecular weight excluding hydrogens is 480 g/mol. The fourth-order valence-corrected chi connectivity index (χ4v) is 9.38. The highest BCUT2D eigenvalue weighted by Crippen LogP contribution is 2.78. The summed E-state index contributed by atoms with van der Waals surface area (Å²) in [6, 6.07) is 0. The zero-order chi connectivity index (χ0) is 26.9. The van der Waals surface area contributed by atoms with Gasteiger partial charge in [0.15, 0.2) is 11.9 Å². The number of fused-ring (bicyclic) bond motifs is 3. The standard InChI is InChI=1S/C28H34O9/c1-13(29)34-18-12-16-24(2,3)17(30)8-9-25(16,4)15-7-10-26(5)20(14-11-19(31)35-22(14)32)36-23(33)21-28(26,37-21)27(15,18)6/h8-9,11,15-16,18-21,31H,7,10,12H2,1-6H3/t15-,16+,18-,19+,20+,21-,25-,26+,27+,28-/m1/s1. The predicted molar refractivity (Wildman–Crippen MR) is 126 cm³/mol. The number of cyclic esters (lactones) is 2. The molecule has 9 heteroatoms. The van der Waals surface area contributed by atoms with Crippen molar-refractivity contribution in [2.45, 2.75) is 91.0 Å². The first-order valence-electron chi connectivity index (χ1n) is 13.0. The van der Waals surface area contributed by atoms with E-state index in [-0.39, 0.29) is 23.2 Å². The van der Waals surface area contributed by atoms with Gasteiger partial charge in [0.05, 0.1) is 5.57 Å². The number of ketones is 1. The summed E-state index contributed by atoms with van der Waals surface area (Å²) in [7, 11) is 0. The maximum atomic E-state index is 13.3. The van der Waals surface area contributed by atoms with Crippen molar-refractivity contribution in [3.8, 4) is 0 Å². The Morgan fingerprint density at radius 2 is 1.76 bits per heavy atom. The van der Waals surface area contributed by atoms with E-state index in [0.717, 1.165) is 0 Å². The Bertz CT molecular complexity index is 1200. The SMILES string of the molecule is CC(=O)O[C@@H]1C[C@H]2C(C)(C)C(=O)C=C[C@]2(C)[C@H]2CC[C@@]3(C)[C@H](C4=C[C@@H](O)OC4=O)OC(=O)[C@H]4O[C@]43[C@@]21C. The number of hydrogen-bond acceptors (Lipinski definition) is 9. The molecule has 6 aliphatic rings. The van der Waals surface area contributed by atoms with E-state index >= 15 is 0 Å². The number of aliphatic hydroxyl groups excluding tert-OH is 1. The highest BCUT2D eigenvalue weighted by Gasteiger charge is 2.88. The molecule has 200 valence electrons. The molecule has 3 heterocycles. The normalized spacial score (nSPS) is 51.0. The smallest absolute Gasteiger partial charge is 0.340 e. The molecule has 2 saturated carbocycles. The van der Waals surface area contributed by atoms with Gasteiger partial charge < -0.3 is 24.1 Å². The van der Waals surface area contributed by atoms with E-state index in [9.17, 15) is 24.3 Å². The molecule has 37 heavy (non-hydrogen) atoms. The quantitative estimate of drug-likeness (QED) is 0.335. The lowest BCUT2D eigenvalue weighted by Gasteiger charge is -2.68. The van der Waals surface area contributed by atoms with Gasteiger partial charge in [-0.1, -0.05) is 40.7 Å². The van der Waals surface area contributed by atoms with E-state index in [1.54, 1.807) is 6.08 Å². The third kappa shape index (κ3) is 2.72. The van der Waals surface area contributed by atoms with E-state index in [2.05, 4.69) is 6.92 Å². The Hall–Kier alpha value is -2.52. The van der Waals surface area contributed by atoms with Crippen molar-refractivity contribution in [3.05, 3.63) is 23.8 Å². The lowest BCUT2D eigenvalue weighted by atomic mass is 9.35. The molecule has 4 fully saturated rings. The summed E-state index contributed by atoms with van der Waals surface area (Å²) in [5.74, 6) is -1.88. The second-order valence-electron chi connectivity index (χ2n) is 12.9. The molecule has 0 aromatic rings. The molecule has 10 atom stereocenters. The summed E-state index contributed by atoms with van der Waals surface area (Å²) in [6.45, 7) is 11.4. The van der Waals surface area contributed by atoms with Crippen LogP contribution in [0.5, 0.6) is 0 Å². The van der Waals surface area contributed by atoms with Gasteiger partial charge in [-0.15, -0.1) is 0 Å². The van der Waals surface area contributed by atoms with Crippen molar-refractivity contribution in [1.82, 2.24) is 0 Å². The molecule has 2 saturated heterocycles. The minimum atomic E-state index is -1.40. The van der Waals surface area contributed by atoms with Gasteiger partial charge in [-0.3, -0.25) is 9.59 Å². The number of epoxide rings is 1. The molecule has 0 bridgehead atoms. The summed E-state index contributed by atoms with van der Waals surface area (Å²) in [5.41, 5.74) is -3.74. The molecule has 0 amide bonds. The highest BCUT2D eigenvalue weighted by atomic mass is 16.7. The van der Waals surface area contributed by atoms with Crippen LogP contribution in [0.3, 0.4) is 0 Å². The van der Waals surface area contributed by atoms with Crippen LogP contribution in [0, 0.1) is 33.5 Å². The van der Waals surface area contributed by atoms with Crippen LogP contribution in [0.4, 0.5) is 0 Å². The van der Waals surface area contributed by atoms with E-state index in [1.807, 2.05) is 33.8 Å². The van der Waals surface area contributed by atoms with E-state index < -0.39 is 69.8 Å². The van der Waals surface area contributed by atoms with Gasteiger partial charge in [-0.25, -0.2) is 9.59 Å². The van der Waals surface area contributed by atoms with Crippen LogP contribution in [-0.2, 0) is 38.1 Å². The predicted octanol–water partition coefficient (Wildman–Crippen LogP) is 2.40. The van der Waals surface area contributed by atoms with Crippen molar-refractivity contribution in [2.24, 2.45) is 33.5 Å². The molecule has 1 spiro atoms. The Morgan fingerprint density at radius 3 is 2.38 bits per heavy atom. The monoisotopic (exact) mass is 514 g/mol. The zero-order valence-electron chi connectivity index (χ0n) is 22.0. The Balaban J connectivity index is 1.54. The Morgan fingerprint density at radius 1 is 1.05 bits per heavy atom. The Labute approximate surface area is 215 Å². The largest absolute Gasteiger partial charge is 0.462 e. The molecule has 6 rings (SSSR count). The molecule has 0 radical (unpaired) electrons. The fraction of sp³-hybridized carbons (Fsp3) is 0.714. The summed E-state index contributed by atoms with van der Waals surface area (Å²) in [6.07, 6.45) is 2.76. The van der Waals surface area contributed by atoms with Crippen LogP contribution in [0.15, 0.2) is 23.8 Å². The second-order valence-corrected chi connectivity index (χ2v) is 12.9. The molecule has 0 aromatic carbocycles.